The quantitative estimate of drug-likeness (QED) is 0.830. The highest BCUT2D eigenvalue weighted by atomic mass is 16.5. The van der Waals surface area contributed by atoms with Gasteiger partial charge in [-0.05, 0) is 13.0 Å². The van der Waals surface area contributed by atoms with Gasteiger partial charge in [0.1, 0.15) is 5.75 Å². The second-order valence-corrected chi connectivity index (χ2v) is 5.67. The number of rotatable bonds is 7. The van der Waals surface area contributed by atoms with Gasteiger partial charge < -0.3 is 14.8 Å². The zero-order valence-electron chi connectivity index (χ0n) is 13.7. The van der Waals surface area contributed by atoms with Crippen LogP contribution in [0.2, 0.25) is 0 Å². The number of hydrogen-bond acceptors (Lipinski definition) is 4. The van der Waals surface area contributed by atoms with Crippen molar-refractivity contribution in [3.8, 4) is 5.75 Å². The van der Waals surface area contributed by atoms with Crippen molar-refractivity contribution < 1.29 is 14.3 Å². The van der Waals surface area contributed by atoms with E-state index in [1.165, 1.54) is 0 Å². The summed E-state index contributed by atoms with van der Waals surface area (Å²) in [7, 11) is 3.38. The Bertz CT molecular complexity index is 493. The van der Waals surface area contributed by atoms with Crippen LogP contribution >= 0.6 is 0 Å². The number of nitrogens with one attached hydrogen (secondary N) is 1. The molecule has 1 amide bonds. The minimum Gasteiger partial charge on any atom is -0.494 e. The van der Waals surface area contributed by atoms with E-state index >= 15 is 0 Å². The van der Waals surface area contributed by atoms with Crippen molar-refractivity contribution in [2.24, 2.45) is 11.8 Å². The van der Waals surface area contributed by atoms with Gasteiger partial charge in [0.25, 0.3) is 0 Å². The fraction of sp³-hybridized carbons (Fsp3) is 0.588. The molecule has 0 radical (unpaired) electrons. The van der Waals surface area contributed by atoms with Crippen LogP contribution in [0.5, 0.6) is 5.75 Å². The highest BCUT2D eigenvalue weighted by Crippen LogP contribution is 2.28. The third kappa shape index (κ3) is 3.99. The van der Waals surface area contributed by atoms with Crippen LogP contribution < -0.4 is 10.1 Å². The zero-order chi connectivity index (χ0) is 15.9. The standard InChI is InChI=1S/C17H26N2O3/c1-4-22-16-8-6-5-7-13(16)9-19-10-14(12-21-3)15(11-19)17(20)18-2/h5-8,14-15H,4,9-12H2,1-3H3,(H,18,20)/t14-,15+/m0/s1. The van der Waals surface area contributed by atoms with E-state index < -0.39 is 0 Å². The lowest BCUT2D eigenvalue weighted by molar-refractivity contribution is -0.125. The molecule has 5 heteroatoms. The number of likely N-dealkylation sites (tertiary alicyclic amines) is 1. The maximum atomic E-state index is 12.0. The van der Waals surface area contributed by atoms with Crippen LogP contribution in [-0.4, -0.2) is 51.3 Å². The SMILES string of the molecule is CCOc1ccccc1CN1C[C@@H](COC)[C@H](C(=O)NC)C1. The van der Waals surface area contributed by atoms with Crippen LogP contribution in [0.15, 0.2) is 24.3 Å². The number of hydrogen-bond donors (Lipinski definition) is 1. The van der Waals surface area contributed by atoms with Gasteiger partial charge in [0, 0.05) is 45.3 Å². The summed E-state index contributed by atoms with van der Waals surface area (Å²) in [4.78, 5) is 14.4. The number of ether oxygens (including phenoxy) is 2. The summed E-state index contributed by atoms with van der Waals surface area (Å²) >= 11 is 0. The maximum Gasteiger partial charge on any atom is 0.224 e. The van der Waals surface area contributed by atoms with Crippen molar-refractivity contribution in [3.05, 3.63) is 29.8 Å². The van der Waals surface area contributed by atoms with Crippen LogP contribution in [0, 0.1) is 11.8 Å². The van der Waals surface area contributed by atoms with Crippen LogP contribution in [-0.2, 0) is 16.1 Å². The van der Waals surface area contributed by atoms with Crippen LogP contribution in [0.4, 0.5) is 0 Å². The molecule has 0 aromatic heterocycles. The van der Waals surface area contributed by atoms with E-state index in [-0.39, 0.29) is 17.7 Å². The lowest BCUT2D eigenvalue weighted by atomic mass is 9.96. The molecule has 2 rings (SSSR count). The second kappa shape index (κ2) is 8.15. The molecule has 1 heterocycles. The average molecular weight is 306 g/mol. The van der Waals surface area contributed by atoms with Gasteiger partial charge in [0.2, 0.25) is 5.91 Å². The summed E-state index contributed by atoms with van der Waals surface area (Å²) in [6.07, 6.45) is 0. The Kier molecular flexibility index (Phi) is 6.21. The summed E-state index contributed by atoms with van der Waals surface area (Å²) in [6, 6.07) is 8.09. The van der Waals surface area contributed by atoms with Gasteiger partial charge in [-0.1, -0.05) is 18.2 Å². The Morgan fingerprint density at radius 3 is 2.82 bits per heavy atom. The molecular formula is C17H26N2O3. The van der Waals surface area contributed by atoms with Gasteiger partial charge in [-0.3, -0.25) is 9.69 Å². The third-order valence-electron chi connectivity index (χ3n) is 4.15. The molecule has 5 nitrogen and oxygen atoms in total. The van der Waals surface area contributed by atoms with Crippen molar-refractivity contribution in [1.29, 1.82) is 0 Å². The lowest BCUT2D eigenvalue weighted by Crippen LogP contribution is -2.34. The fourth-order valence-electron chi connectivity index (χ4n) is 3.13. The summed E-state index contributed by atoms with van der Waals surface area (Å²) < 4.78 is 11.0. The first kappa shape index (κ1) is 16.8. The van der Waals surface area contributed by atoms with Gasteiger partial charge in [0.05, 0.1) is 19.1 Å². The summed E-state index contributed by atoms with van der Waals surface area (Å²) in [6.45, 7) is 5.68. The topological polar surface area (TPSA) is 50.8 Å². The van der Waals surface area contributed by atoms with Gasteiger partial charge in [-0.25, -0.2) is 0 Å². The van der Waals surface area contributed by atoms with E-state index in [0.29, 0.717) is 13.2 Å². The Morgan fingerprint density at radius 1 is 1.36 bits per heavy atom. The Labute approximate surface area is 132 Å². The molecule has 22 heavy (non-hydrogen) atoms. The Hall–Kier alpha value is -1.59. The molecule has 0 spiro atoms. The normalized spacial score (nSPS) is 21.8. The minimum absolute atomic E-state index is 0.00999. The van der Waals surface area contributed by atoms with Crippen molar-refractivity contribution in [2.45, 2.75) is 13.5 Å². The first-order valence-electron chi connectivity index (χ1n) is 7.83. The largest absolute Gasteiger partial charge is 0.494 e. The van der Waals surface area contributed by atoms with E-state index in [1.807, 2.05) is 25.1 Å². The van der Waals surface area contributed by atoms with E-state index in [9.17, 15) is 4.79 Å². The van der Waals surface area contributed by atoms with Gasteiger partial charge >= 0.3 is 0 Å². The van der Waals surface area contributed by atoms with Crippen molar-refractivity contribution in [3.63, 3.8) is 0 Å². The monoisotopic (exact) mass is 306 g/mol. The van der Waals surface area contributed by atoms with Crippen LogP contribution in [0.3, 0.4) is 0 Å². The smallest absolute Gasteiger partial charge is 0.224 e. The first-order valence-corrected chi connectivity index (χ1v) is 7.83. The van der Waals surface area contributed by atoms with Gasteiger partial charge in [-0.2, -0.15) is 0 Å². The predicted molar refractivity (Wildman–Crippen MR) is 85.8 cm³/mol. The summed E-state index contributed by atoms with van der Waals surface area (Å²) in [5.41, 5.74) is 1.16. The summed E-state index contributed by atoms with van der Waals surface area (Å²) in [5.74, 6) is 1.26. The average Bonchev–Trinajstić information content (AvgIpc) is 2.92. The molecule has 1 saturated heterocycles. The molecule has 2 atom stereocenters. The molecule has 1 aromatic rings. The maximum absolute atomic E-state index is 12.0. The molecule has 122 valence electrons. The number of carbonyl (C=O) groups excluding carboxylic acids is 1. The summed E-state index contributed by atoms with van der Waals surface area (Å²) in [5, 5.41) is 2.77. The van der Waals surface area contributed by atoms with Crippen molar-refractivity contribution in [2.75, 3.05) is 40.5 Å². The van der Waals surface area contributed by atoms with Crippen molar-refractivity contribution in [1.82, 2.24) is 10.2 Å². The van der Waals surface area contributed by atoms with Gasteiger partial charge in [0.15, 0.2) is 0 Å². The predicted octanol–water partition coefficient (Wildman–Crippen LogP) is 1.53. The van der Waals surface area contributed by atoms with Crippen LogP contribution in [0.1, 0.15) is 12.5 Å². The molecule has 1 aromatic carbocycles. The fourth-order valence-corrected chi connectivity index (χ4v) is 3.13. The molecule has 0 bridgehead atoms. The number of amides is 1. The highest BCUT2D eigenvalue weighted by molar-refractivity contribution is 5.79. The van der Waals surface area contributed by atoms with E-state index in [0.717, 1.165) is 30.9 Å². The number of benzene rings is 1. The molecule has 1 fully saturated rings. The number of methoxy groups -OCH3 is 1. The molecule has 1 aliphatic heterocycles. The molecule has 0 saturated carbocycles. The highest BCUT2D eigenvalue weighted by Gasteiger charge is 2.37. The number of nitrogens with zero attached hydrogens (tertiary/aromatic N) is 1. The number of para-hydroxylation sites is 1. The van der Waals surface area contributed by atoms with E-state index in [1.54, 1.807) is 14.2 Å². The van der Waals surface area contributed by atoms with E-state index in [4.69, 9.17) is 9.47 Å². The molecule has 1 aliphatic rings. The first-order chi connectivity index (χ1) is 10.7. The molecule has 1 N–H and O–H groups in total. The third-order valence-corrected chi connectivity index (χ3v) is 4.15. The molecule has 0 aliphatic carbocycles. The Balaban J connectivity index is 2.06. The lowest BCUT2D eigenvalue weighted by Gasteiger charge is -2.18. The number of carbonyl (C=O) groups is 1. The van der Waals surface area contributed by atoms with Crippen molar-refractivity contribution >= 4 is 5.91 Å². The molecule has 0 unspecified atom stereocenters. The Morgan fingerprint density at radius 2 is 2.14 bits per heavy atom. The molecular weight excluding hydrogens is 280 g/mol. The zero-order valence-corrected chi connectivity index (χ0v) is 13.7. The van der Waals surface area contributed by atoms with Crippen LogP contribution in [0.25, 0.3) is 0 Å². The second-order valence-electron chi connectivity index (χ2n) is 5.67. The minimum atomic E-state index is -0.00999. The van der Waals surface area contributed by atoms with Gasteiger partial charge in [-0.15, -0.1) is 0 Å². The van der Waals surface area contributed by atoms with E-state index in [2.05, 4.69) is 16.3 Å².